The lowest BCUT2D eigenvalue weighted by atomic mass is 10.3. The Balaban J connectivity index is 4.10. The van der Waals surface area contributed by atoms with Gasteiger partial charge in [0.25, 0.3) is 5.91 Å². The van der Waals surface area contributed by atoms with Crippen LogP contribution in [0.4, 0.5) is 8.78 Å². The van der Waals surface area contributed by atoms with E-state index >= 15 is 0 Å². The van der Waals surface area contributed by atoms with Crippen LogP contribution in [0.1, 0.15) is 0 Å². The van der Waals surface area contributed by atoms with Crippen LogP contribution in [-0.2, 0) is 9.59 Å². The summed E-state index contributed by atoms with van der Waals surface area (Å²) < 4.78 is 24.9. The SMILES string of the molecule is C=NCCNC(=O)C(F)(F)C(N)=O. The van der Waals surface area contributed by atoms with Crippen molar-refractivity contribution in [2.75, 3.05) is 13.1 Å². The van der Waals surface area contributed by atoms with Crippen molar-refractivity contribution in [2.24, 2.45) is 10.7 Å². The zero-order chi connectivity index (χ0) is 10.5. The van der Waals surface area contributed by atoms with Gasteiger partial charge >= 0.3 is 11.8 Å². The maximum Gasteiger partial charge on any atom is 0.400 e. The van der Waals surface area contributed by atoms with Crippen LogP contribution in [0.3, 0.4) is 0 Å². The Labute approximate surface area is 73.0 Å². The number of nitrogens with one attached hydrogen (secondary N) is 1. The van der Waals surface area contributed by atoms with Crippen molar-refractivity contribution in [3.63, 3.8) is 0 Å². The molecule has 0 aromatic carbocycles. The quantitative estimate of drug-likeness (QED) is 0.331. The highest BCUT2D eigenvalue weighted by Crippen LogP contribution is 2.11. The zero-order valence-corrected chi connectivity index (χ0v) is 6.72. The monoisotopic (exact) mass is 193 g/mol. The summed E-state index contributed by atoms with van der Waals surface area (Å²) in [5, 5.41) is 1.78. The van der Waals surface area contributed by atoms with Gasteiger partial charge in [0.2, 0.25) is 0 Å². The normalized spacial score (nSPS) is 10.6. The third kappa shape index (κ3) is 3.14. The minimum Gasteiger partial charge on any atom is -0.364 e. The molecule has 0 atom stereocenters. The van der Waals surface area contributed by atoms with Crippen LogP contribution >= 0.6 is 0 Å². The summed E-state index contributed by atoms with van der Waals surface area (Å²) in [5.74, 6) is -7.86. The van der Waals surface area contributed by atoms with E-state index in [1.54, 1.807) is 5.32 Å². The van der Waals surface area contributed by atoms with E-state index in [0.29, 0.717) is 0 Å². The predicted molar refractivity (Wildman–Crippen MR) is 41.6 cm³/mol. The molecule has 0 aliphatic carbocycles. The molecule has 0 aliphatic heterocycles. The molecule has 0 fully saturated rings. The van der Waals surface area contributed by atoms with E-state index in [2.05, 4.69) is 17.4 Å². The van der Waals surface area contributed by atoms with Crippen LogP contribution in [0.5, 0.6) is 0 Å². The first-order valence-corrected chi connectivity index (χ1v) is 3.31. The smallest absolute Gasteiger partial charge is 0.364 e. The lowest BCUT2D eigenvalue weighted by molar-refractivity contribution is -0.157. The minimum atomic E-state index is -4.17. The van der Waals surface area contributed by atoms with Gasteiger partial charge in [-0.25, -0.2) is 0 Å². The van der Waals surface area contributed by atoms with E-state index in [4.69, 9.17) is 0 Å². The first-order valence-electron chi connectivity index (χ1n) is 3.31. The number of carbonyl (C=O) groups is 2. The molecule has 0 rings (SSSR count). The summed E-state index contributed by atoms with van der Waals surface area (Å²) in [7, 11) is 0. The molecule has 0 saturated heterocycles. The summed E-state index contributed by atoms with van der Waals surface area (Å²) in [6, 6.07) is 0. The van der Waals surface area contributed by atoms with E-state index in [1.165, 1.54) is 0 Å². The summed E-state index contributed by atoms with van der Waals surface area (Å²) in [6.07, 6.45) is 0. The number of nitrogens with two attached hydrogens (primary N) is 1. The second-order valence-electron chi connectivity index (χ2n) is 2.14. The Morgan fingerprint density at radius 3 is 2.46 bits per heavy atom. The van der Waals surface area contributed by atoms with Crippen LogP contribution in [0.15, 0.2) is 4.99 Å². The highest BCUT2D eigenvalue weighted by atomic mass is 19.3. The molecule has 7 heteroatoms. The lowest BCUT2D eigenvalue weighted by Crippen LogP contribution is -2.49. The molecule has 0 unspecified atom stereocenters. The number of nitrogens with zero attached hydrogens (tertiary/aromatic N) is 1. The lowest BCUT2D eigenvalue weighted by Gasteiger charge is -2.11. The molecule has 0 aromatic heterocycles. The molecule has 74 valence electrons. The van der Waals surface area contributed by atoms with Gasteiger partial charge in [-0.3, -0.25) is 14.6 Å². The van der Waals surface area contributed by atoms with Crippen molar-refractivity contribution in [2.45, 2.75) is 5.92 Å². The summed E-state index contributed by atoms with van der Waals surface area (Å²) in [5.41, 5.74) is 4.29. The molecule has 3 N–H and O–H groups in total. The van der Waals surface area contributed by atoms with Crippen molar-refractivity contribution in [1.82, 2.24) is 5.32 Å². The van der Waals surface area contributed by atoms with Gasteiger partial charge in [0.1, 0.15) is 0 Å². The fourth-order valence-corrected chi connectivity index (χ4v) is 0.471. The highest BCUT2D eigenvalue weighted by Gasteiger charge is 2.45. The molecule has 13 heavy (non-hydrogen) atoms. The molecule has 0 radical (unpaired) electrons. The van der Waals surface area contributed by atoms with Crippen LogP contribution in [-0.4, -0.2) is 37.5 Å². The van der Waals surface area contributed by atoms with Crippen molar-refractivity contribution >= 4 is 18.5 Å². The van der Waals surface area contributed by atoms with Crippen LogP contribution in [0.25, 0.3) is 0 Å². The van der Waals surface area contributed by atoms with Crippen molar-refractivity contribution in [3.05, 3.63) is 0 Å². The van der Waals surface area contributed by atoms with E-state index in [-0.39, 0.29) is 13.1 Å². The van der Waals surface area contributed by atoms with Crippen molar-refractivity contribution in [3.8, 4) is 0 Å². The molecule has 0 aromatic rings. The maximum atomic E-state index is 12.4. The van der Waals surface area contributed by atoms with Crippen LogP contribution < -0.4 is 11.1 Å². The van der Waals surface area contributed by atoms with Crippen LogP contribution in [0.2, 0.25) is 0 Å². The van der Waals surface area contributed by atoms with Crippen molar-refractivity contribution in [1.29, 1.82) is 0 Å². The summed E-state index contributed by atoms with van der Waals surface area (Å²) in [4.78, 5) is 23.9. The van der Waals surface area contributed by atoms with Gasteiger partial charge in [-0.15, -0.1) is 0 Å². The standard InChI is InChI=1S/C6H9F2N3O2/c1-10-2-3-11-5(13)6(7,8)4(9)12/h1-3H2,(H2,9,12)(H,11,13). The summed E-state index contributed by atoms with van der Waals surface area (Å²) in [6.45, 7) is 3.07. The highest BCUT2D eigenvalue weighted by molar-refractivity contribution is 6.05. The van der Waals surface area contributed by atoms with Gasteiger partial charge in [-0.1, -0.05) is 0 Å². The average molecular weight is 193 g/mol. The number of aliphatic imine (C=N–C) groups is 1. The van der Waals surface area contributed by atoms with E-state index < -0.39 is 17.7 Å². The largest absolute Gasteiger partial charge is 0.400 e. The number of hydrogen-bond donors (Lipinski definition) is 2. The minimum absolute atomic E-state index is 0.0978. The molecule has 2 amide bonds. The van der Waals surface area contributed by atoms with E-state index in [9.17, 15) is 18.4 Å². The molecule has 0 spiro atoms. The number of halogens is 2. The van der Waals surface area contributed by atoms with Gasteiger partial charge in [0.15, 0.2) is 0 Å². The number of carbonyl (C=O) groups excluding carboxylic acids is 2. The molecular formula is C6H9F2N3O2. The average Bonchev–Trinajstić information content (AvgIpc) is 2.04. The topological polar surface area (TPSA) is 84.6 Å². The number of amides is 2. The first-order chi connectivity index (χ1) is 5.92. The van der Waals surface area contributed by atoms with Gasteiger partial charge < -0.3 is 11.1 Å². The second kappa shape index (κ2) is 4.48. The Hall–Kier alpha value is -1.53. The number of rotatable bonds is 5. The van der Waals surface area contributed by atoms with Gasteiger partial charge in [0.05, 0.1) is 6.54 Å². The Morgan fingerprint density at radius 1 is 1.54 bits per heavy atom. The van der Waals surface area contributed by atoms with Gasteiger partial charge in [-0.2, -0.15) is 8.78 Å². The van der Waals surface area contributed by atoms with E-state index in [0.717, 1.165) is 0 Å². The van der Waals surface area contributed by atoms with Crippen LogP contribution in [0, 0.1) is 0 Å². The maximum absolute atomic E-state index is 12.4. The van der Waals surface area contributed by atoms with Gasteiger partial charge in [-0.05, 0) is 6.72 Å². The molecule has 0 aliphatic rings. The Kier molecular flexibility index (Phi) is 3.96. The zero-order valence-electron chi connectivity index (χ0n) is 6.72. The third-order valence-corrected chi connectivity index (χ3v) is 1.15. The fourth-order valence-electron chi connectivity index (χ4n) is 0.471. The number of hydrogen-bond acceptors (Lipinski definition) is 3. The first kappa shape index (κ1) is 11.5. The molecule has 0 bridgehead atoms. The predicted octanol–water partition coefficient (Wildman–Crippen LogP) is -1.08. The third-order valence-electron chi connectivity index (χ3n) is 1.15. The second-order valence-corrected chi connectivity index (χ2v) is 2.14. The molecular weight excluding hydrogens is 184 g/mol. The van der Waals surface area contributed by atoms with Gasteiger partial charge in [0, 0.05) is 6.54 Å². The fraction of sp³-hybridized carbons (Fsp3) is 0.500. The Morgan fingerprint density at radius 2 is 2.08 bits per heavy atom. The van der Waals surface area contributed by atoms with E-state index in [1.807, 2.05) is 0 Å². The summed E-state index contributed by atoms with van der Waals surface area (Å²) >= 11 is 0. The molecule has 0 saturated carbocycles. The van der Waals surface area contributed by atoms with Crippen molar-refractivity contribution < 1.29 is 18.4 Å². The Bertz CT molecular complexity index is 230. The number of primary amides is 1. The molecule has 0 heterocycles. The number of alkyl halides is 2. The molecule has 5 nitrogen and oxygen atoms in total.